The molecule has 3 rings (SSSR count). The molecular weight excluding hydrogens is 491 g/mol. The minimum absolute atomic E-state index is 0.193. The number of hydrogen-bond donors (Lipinski definition) is 1. The summed E-state index contributed by atoms with van der Waals surface area (Å²) < 4.78 is 5.81. The lowest BCUT2D eigenvalue weighted by Gasteiger charge is -2.44. The molecule has 0 spiro atoms. The first-order chi connectivity index (χ1) is 13.1. The van der Waals surface area contributed by atoms with Crippen LogP contribution < -0.4 is 5.32 Å². The third-order valence-electron chi connectivity index (χ3n) is 4.75. The summed E-state index contributed by atoms with van der Waals surface area (Å²) in [6.07, 6.45) is 0.223. The summed E-state index contributed by atoms with van der Waals surface area (Å²) in [5, 5.41) is 2.60. The van der Waals surface area contributed by atoms with Crippen molar-refractivity contribution in [3.8, 4) is 0 Å². The Morgan fingerprint density at radius 3 is 2.50 bits per heavy atom. The predicted molar refractivity (Wildman–Crippen MR) is 117 cm³/mol. The molecule has 2 fully saturated rings. The van der Waals surface area contributed by atoms with Crippen LogP contribution in [0.2, 0.25) is 0 Å². The normalized spacial score (nSPS) is 29.1. The second kappa shape index (κ2) is 7.85. The Balaban J connectivity index is 1.71. The number of rotatable bonds is 5. The highest BCUT2D eigenvalue weighted by atomic mass is 127. The van der Waals surface area contributed by atoms with E-state index in [0.717, 1.165) is 5.56 Å². The van der Waals surface area contributed by atoms with Crippen LogP contribution in [-0.4, -0.2) is 54.9 Å². The molecule has 0 aromatic heterocycles. The van der Waals surface area contributed by atoms with E-state index in [9.17, 15) is 14.4 Å². The number of nitrogens with zero attached hydrogens (tertiary/aromatic N) is 1. The van der Waals surface area contributed by atoms with Gasteiger partial charge in [-0.1, -0.05) is 52.9 Å². The summed E-state index contributed by atoms with van der Waals surface area (Å²) >= 11 is 3.81. The molecule has 1 aromatic carbocycles. The highest BCUT2D eigenvalue weighted by molar-refractivity contribution is 14.1. The minimum Gasteiger partial charge on any atom is -0.458 e. The van der Waals surface area contributed by atoms with Crippen molar-refractivity contribution in [2.24, 2.45) is 0 Å². The second-order valence-corrected chi connectivity index (χ2v) is 10.8. The summed E-state index contributed by atoms with van der Waals surface area (Å²) in [7, 11) is 0. The molecule has 4 atom stereocenters. The number of alkyl halides is 1. The van der Waals surface area contributed by atoms with Crippen LogP contribution in [0.1, 0.15) is 33.3 Å². The summed E-state index contributed by atoms with van der Waals surface area (Å²) in [5.74, 6) is -0.797. The highest BCUT2D eigenvalue weighted by Crippen LogP contribution is 2.52. The Kier molecular flexibility index (Phi) is 6.01. The molecule has 0 bridgehead atoms. The van der Waals surface area contributed by atoms with E-state index in [1.165, 1.54) is 0 Å². The Hall–Kier alpha value is -1.29. The van der Waals surface area contributed by atoms with Crippen LogP contribution >= 0.6 is 34.4 Å². The van der Waals surface area contributed by atoms with Crippen molar-refractivity contribution in [1.82, 2.24) is 10.2 Å². The SMILES string of the molecule is CC(C)(C)OC(=O)C1N2C(=O)C(NC(=O)Cc3ccccc3)C2SC1(C)CI. The smallest absolute Gasteiger partial charge is 0.330 e. The van der Waals surface area contributed by atoms with Gasteiger partial charge in [0.25, 0.3) is 0 Å². The molecule has 0 radical (unpaired) electrons. The second-order valence-electron chi connectivity index (χ2n) is 8.34. The van der Waals surface area contributed by atoms with Crippen molar-refractivity contribution in [1.29, 1.82) is 0 Å². The van der Waals surface area contributed by atoms with Crippen molar-refractivity contribution < 1.29 is 19.1 Å². The van der Waals surface area contributed by atoms with Gasteiger partial charge in [-0.15, -0.1) is 11.8 Å². The highest BCUT2D eigenvalue weighted by Gasteiger charge is 2.65. The van der Waals surface area contributed by atoms with E-state index in [1.54, 1.807) is 16.7 Å². The van der Waals surface area contributed by atoms with E-state index in [-0.39, 0.29) is 29.6 Å². The van der Waals surface area contributed by atoms with Gasteiger partial charge in [-0.05, 0) is 33.3 Å². The number of halogens is 1. The van der Waals surface area contributed by atoms with Crippen molar-refractivity contribution >= 4 is 52.1 Å². The van der Waals surface area contributed by atoms with Crippen LogP contribution in [0.4, 0.5) is 0 Å². The van der Waals surface area contributed by atoms with Crippen LogP contribution in [0.25, 0.3) is 0 Å². The number of ether oxygens (including phenoxy) is 1. The third kappa shape index (κ3) is 4.17. The van der Waals surface area contributed by atoms with Gasteiger partial charge in [0.15, 0.2) is 0 Å². The van der Waals surface area contributed by atoms with E-state index in [1.807, 2.05) is 58.0 Å². The van der Waals surface area contributed by atoms with Crippen LogP contribution in [0, 0.1) is 0 Å². The Bertz CT molecular complexity index is 782. The quantitative estimate of drug-likeness (QED) is 0.282. The summed E-state index contributed by atoms with van der Waals surface area (Å²) in [5.41, 5.74) is 0.273. The number of thioether (sulfide) groups is 1. The molecule has 0 aliphatic carbocycles. The van der Waals surface area contributed by atoms with E-state index in [4.69, 9.17) is 4.74 Å². The number of esters is 1. The largest absolute Gasteiger partial charge is 0.458 e. The maximum atomic E-state index is 12.8. The number of β-lactam (4-membered cyclic amide) rings is 1. The summed E-state index contributed by atoms with van der Waals surface area (Å²) in [6.45, 7) is 7.43. The predicted octanol–water partition coefficient (Wildman–Crippen LogP) is 2.53. The molecule has 6 nitrogen and oxygen atoms in total. The maximum Gasteiger partial charge on any atom is 0.330 e. The summed E-state index contributed by atoms with van der Waals surface area (Å²) in [6, 6.07) is 8.16. The van der Waals surface area contributed by atoms with Gasteiger partial charge < -0.3 is 15.0 Å². The van der Waals surface area contributed by atoms with Crippen LogP contribution in [-0.2, 0) is 25.5 Å². The maximum absolute atomic E-state index is 12.8. The number of carbonyl (C=O) groups is 3. The Labute approximate surface area is 183 Å². The lowest BCUT2D eigenvalue weighted by Crippen LogP contribution is -2.71. The molecule has 1 N–H and O–H groups in total. The molecule has 2 heterocycles. The van der Waals surface area contributed by atoms with Gasteiger partial charge in [0.05, 0.1) is 11.2 Å². The number of carbonyl (C=O) groups excluding carboxylic acids is 3. The lowest BCUT2D eigenvalue weighted by molar-refractivity contribution is -0.171. The molecular formula is C20H25IN2O4S. The lowest BCUT2D eigenvalue weighted by atomic mass is 9.95. The van der Waals surface area contributed by atoms with Crippen molar-refractivity contribution in [3.05, 3.63) is 35.9 Å². The minimum atomic E-state index is -0.645. The van der Waals surface area contributed by atoms with Crippen molar-refractivity contribution in [2.75, 3.05) is 4.43 Å². The number of amides is 2. The number of hydrogen-bond acceptors (Lipinski definition) is 5. The van der Waals surface area contributed by atoms with Gasteiger partial charge in [0.1, 0.15) is 23.1 Å². The fourth-order valence-corrected chi connectivity index (χ4v) is 6.05. The third-order valence-corrected chi connectivity index (χ3v) is 8.49. The van der Waals surface area contributed by atoms with Gasteiger partial charge in [0.2, 0.25) is 11.8 Å². The molecule has 28 heavy (non-hydrogen) atoms. The van der Waals surface area contributed by atoms with Crippen molar-refractivity contribution in [3.63, 3.8) is 0 Å². The van der Waals surface area contributed by atoms with Crippen molar-refractivity contribution in [2.45, 2.75) is 61.9 Å². The fourth-order valence-electron chi connectivity index (χ4n) is 3.48. The Morgan fingerprint density at radius 2 is 1.93 bits per heavy atom. The van der Waals surface area contributed by atoms with Crippen LogP contribution in [0.5, 0.6) is 0 Å². The average molecular weight is 516 g/mol. The average Bonchev–Trinajstić information content (AvgIpc) is 2.90. The molecule has 2 aliphatic heterocycles. The molecule has 8 heteroatoms. The zero-order valence-electron chi connectivity index (χ0n) is 16.4. The first-order valence-electron chi connectivity index (χ1n) is 9.18. The molecule has 4 unspecified atom stereocenters. The number of nitrogens with one attached hydrogen (secondary N) is 1. The zero-order valence-corrected chi connectivity index (χ0v) is 19.4. The number of benzene rings is 1. The standard InChI is InChI=1S/C20H25IN2O4S/c1-19(2,3)27-18(26)15-20(4,11-21)28-17-14(16(25)23(15)17)22-13(24)10-12-8-6-5-7-9-12/h5-9,14-15,17H,10-11H2,1-4H3,(H,22,24). The molecule has 2 aliphatic rings. The van der Waals surface area contributed by atoms with E-state index in [0.29, 0.717) is 4.43 Å². The molecule has 152 valence electrons. The van der Waals surface area contributed by atoms with Gasteiger partial charge in [-0.2, -0.15) is 0 Å². The fraction of sp³-hybridized carbons (Fsp3) is 0.550. The molecule has 2 saturated heterocycles. The molecule has 1 aromatic rings. The molecule has 2 amide bonds. The Morgan fingerprint density at radius 1 is 1.29 bits per heavy atom. The number of fused-ring (bicyclic) bond motifs is 1. The van der Waals surface area contributed by atoms with E-state index >= 15 is 0 Å². The summed E-state index contributed by atoms with van der Waals surface area (Å²) in [4.78, 5) is 39.6. The van der Waals surface area contributed by atoms with Gasteiger partial charge >= 0.3 is 5.97 Å². The van der Waals surface area contributed by atoms with Gasteiger partial charge in [-0.25, -0.2) is 4.79 Å². The monoisotopic (exact) mass is 516 g/mol. The van der Waals surface area contributed by atoms with Gasteiger partial charge in [0, 0.05) is 4.43 Å². The van der Waals surface area contributed by atoms with Crippen LogP contribution in [0.15, 0.2) is 30.3 Å². The topological polar surface area (TPSA) is 75.7 Å². The van der Waals surface area contributed by atoms with Gasteiger partial charge in [-0.3, -0.25) is 9.59 Å². The zero-order chi connectivity index (χ0) is 20.7. The molecule has 0 saturated carbocycles. The van der Waals surface area contributed by atoms with E-state index < -0.39 is 22.4 Å². The van der Waals surface area contributed by atoms with Crippen LogP contribution in [0.3, 0.4) is 0 Å². The first kappa shape index (κ1) is 21.4. The van der Waals surface area contributed by atoms with E-state index in [2.05, 4.69) is 27.9 Å². The first-order valence-corrected chi connectivity index (χ1v) is 11.6.